The number of benzene rings is 2. The number of ether oxygens (including phenoxy) is 1. The number of hydrogen-bond donors (Lipinski definition) is 2. The van der Waals surface area contributed by atoms with Crippen molar-refractivity contribution in [1.29, 1.82) is 0 Å². The van der Waals surface area contributed by atoms with Crippen molar-refractivity contribution in [2.24, 2.45) is 0 Å². The number of H-pyrrole nitrogens is 1. The molecule has 5 heteroatoms. The molecular formula is C18H15N3O2. The van der Waals surface area contributed by atoms with E-state index in [9.17, 15) is 4.79 Å². The van der Waals surface area contributed by atoms with Crippen LogP contribution in [0.15, 0.2) is 54.6 Å². The Kier molecular flexibility index (Phi) is 3.12. The topological polar surface area (TPSA) is 67.0 Å². The molecule has 0 bridgehead atoms. The summed E-state index contributed by atoms with van der Waals surface area (Å²) in [6.07, 6.45) is 0. The van der Waals surface area contributed by atoms with Crippen LogP contribution in [-0.4, -0.2) is 23.2 Å². The second-order valence-electron chi connectivity index (χ2n) is 5.41. The molecule has 2 aromatic carbocycles. The molecule has 0 fully saturated rings. The number of carbonyl (C=O) groups excluding carboxylic acids is 1. The number of amides is 1. The summed E-state index contributed by atoms with van der Waals surface area (Å²) in [5, 5.41) is 10.2. The SMILES string of the molecule is COc1cccc(C2NC(=O)c3[nH]nc(-c4ccccc4)c32)c1. The lowest BCUT2D eigenvalue weighted by Crippen LogP contribution is -2.21. The van der Waals surface area contributed by atoms with Gasteiger partial charge in [-0.1, -0.05) is 42.5 Å². The largest absolute Gasteiger partial charge is 0.497 e. The second kappa shape index (κ2) is 5.28. The minimum atomic E-state index is -0.235. The zero-order valence-electron chi connectivity index (χ0n) is 12.5. The van der Waals surface area contributed by atoms with Crippen LogP contribution in [-0.2, 0) is 0 Å². The lowest BCUT2D eigenvalue weighted by atomic mass is 9.97. The molecule has 2 heterocycles. The van der Waals surface area contributed by atoms with Crippen molar-refractivity contribution in [3.63, 3.8) is 0 Å². The minimum Gasteiger partial charge on any atom is -0.497 e. The van der Waals surface area contributed by atoms with E-state index in [4.69, 9.17) is 4.74 Å². The van der Waals surface area contributed by atoms with E-state index in [0.717, 1.165) is 28.1 Å². The molecule has 0 aliphatic carbocycles. The highest BCUT2D eigenvalue weighted by Crippen LogP contribution is 2.37. The van der Waals surface area contributed by atoms with Crippen molar-refractivity contribution in [1.82, 2.24) is 15.5 Å². The second-order valence-corrected chi connectivity index (χ2v) is 5.41. The third-order valence-corrected chi connectivity index (χ3v) is 4.07. The number of nitrogens with one attached hydrogen (secondary N) is 2. The molecule has 0 saturated carbocycles. The van der Waals surface area contributed by atoms with E-state index in [1.54, 1.807) is 7.11 Å². The van der Waals surface area contributed by atoms with Gasteiger partial charge in [-0.15, -0.1) is 0 Å². The lowest BCUT2D eigenvalue weighted by molar-refractivity contribution is 0.0955. The van der Waals surface area contributed by atoms with E-state index in [1.165, 1.54) is 0 Å². The Bertz CT molecular complexity index is 871. The summed E-state index contributed by atoms with van der Waals surface area (Å²) in [6.45, 7) is 0. The van der Waals surface area contributed by atoms with Crippen LogP contribution in [0, 0.1) is 0 Å². The maximum absolute atomic E-state index is 12.2. The van der Waals surface area contributed by atoms with Crippen LogP contribution in [0.25, 0.3) is 11.3 Å². The summed E-state index contributed by atoms with van der Waals surface area (Å²) >= 11 is 0. The molecule has 1 unspecified atom stereocenters. The fourth-order valence-electron chi connectivity index (χ4n) is 2.97. The first kappa shape index (κ1) is 13.6. The van der Waals surface area contributed by atoms with E-state index in [1.807, 2.05) is 54.6 Å². The fourth-order valence-corrected chi connectivity index (χ4v) is 2.97. The molecule has 23 heavy (non-hydrogen) atoms. The molecule has 4 rings (SSSR count). The standard InChI is InChI=1S/C18H15N3O2/c1-23-13-9-5-8-12(10-13)15-14-16(11-6-3-2-4-7-11)20-21-17(14)18(22)19-15/h2-10,15H,1H3,(H,19,22)(H,20,21). The molecular weight excluding hydrogens is 290 g/mol. The number of rotatable bonds is 3. The van der Waals surface area contributed by atoms with Crippen LogP contribution in [0.2, 0.25) is 0 Å². The number of fused-ring (bicyclic) bond motifs is 1. The molecule has 0 spiro atoms. The Hall–Kier alpha value is -3.08. The van der Waals surface area contributed by atoms with E-state index in [0.29, 0.717) is 5.69 Å². The van der Waals surface area contributed by atoms with Gasteiger partial charge in [0.25, 0.3) is 5.91 Å². The van der Waals surface area contributed by atoms with E-state index in [2.05, 4.69) is 15.5 Å². The molecule has 1 aromatic heterocycles. The molecule has 0 radical (unpaired) electrons. The molecule has 1 amide bonds. The van der Waals surface area contributed by atoms with Gasteiger partial charge in [-0.3, -0.25) is 9.89 Å². The highest BCUT2D eigenvalue weighted by Gasteiger charge is 2.35. The molecule has 1 atom stereocenters. The fraction of sp³-hybridized carbons (Fsp3) is 0.111. The molecule has 1 aliphatic rings. The first-order chi connectivity index (χ1) is 11.3. The summed E-state index contributed by atoms with van der Waals surface area (Å²) in [5.74, 6) is 0.623. The first-order valence-corrected chi connectivity index (χ1v) is 7.36. The predicted molar refractivity (Wildman–Crippen MR) is 86.3 cm³/mol. The summed E-state index contributed by atoms with van der Waals surface area (Å²) in [6, 6.07) is 17.3. The van der Waals surface area contributed by atoms with Gasteiger partial charge in [0.1, 0.15) is 11.4 Å². The van der Waals surface area contributed by atoms with Gasteiger partial charge in [0.15, 0.2) is 0 Å². The number of aromatic amines is 1. The van der Waals surface area contributed by atoms with Crippen molar-refractivity contribution >= 4 is 5.91 Å². The lowest BCUT2D eigenvalue weighted by Gasteiger charge is -2.14. The number of aromatic nitrogens is 2. The van der Waals surface area contributed by atoms with Gasteiger partial charge in [0.2, 0.25) is 0 Å². The monoisotopic (exact) mass is 305 g/mol. The zero-order valence-corrected chi connectivity index (χ0v) is 12.5. The van der Waals surface area contributed by atoms with Crippen LogP contribution in [0.1, 0.15) is 27.7 Å². The normalized spacial score (nSPS) is 16.0. The van der Waals surface area contributed by atoms with Crippen LogP contribution in [0.4, 0.5) is 0 Å². The Labute approximate surface area is 133 Å². The predicted octanol–water partition coefficient (Wildman–Crippen LogP) is 2.92. The average Bonchev–Trinajstić information content (AvgIpc) is 3.17. The summed E-state index contributed by atoms with van der Waals surface area (Å²) in [4.78, 5) is 12.2. The Morgan fingerprint density at radius 3 is 2.70 bits per heavy atom. The van der Waals surface area contributed by atoms with Gasteiger partial charge in [-0.25, -0.2) is 0 Å². The maximum atomic E-state index is 12.2. The van der Waals surface area contributed by atoms with Gasteiger partial charge in [0, 0.05) is 11.1 Å². The maximum Gasteiger partial charge on any atom is 0.270 e. The summed E-state index contributed by atoms with van der Waals surface area (Å²) in [7, 11) is 1.63. The number of carbonyl (C=O) groups is 1. The first-order valence-electron chi connectivity index (χ1n) is 7.36. The van der Waals surface area contributed by atoms with Crippen LogP contribution >= 0.6 is 0 Å². The van der Waals surface area contributed by atoms with Crippen molar-refractivity contribution in [2.45, 2.75) is 6.04 Å². The Balaban J connectivity index is 1.85. The van der Waals surface area contributed by atoms with Crippen molar-refractivity contribution in [3.05, 3.63) is 71.4 Å². The molecule has 0 saturated heterocycles. The van der Waals surface area contributed by atoms with Crippen LogP contribution in [0.5, 0.6) is 5.75 Å². The molecule has 2 N–H and O–H groups in total. The Morgan fingerprint density at radius 2 is 1.91 bits per heavy atom. The third kappa shape index (κ3) is 2.17. The smallest absolute Gasteiger partial charge is 0.270 e. The quantitative estimate of drug-likeness (QED) is 0.782. The van der Waals surface area contributed by atoms with E-state index >= 15 is 0 Å². The van der Waals surface area contributed by atoms with Gasteiger partial charge in [-0.2, -0.15) is 5.10 Å². The van der Waals surface area contributed by atoms with Crippen LogP contribution in [0.3, 0.4) is 0 Å². The van der Waals surface area contributed by atoms with Gasteiger partial charge < -0.3 is 10.1 Å². The molecule has 1 aliphatic heterocycles. The van der Waals surface area contributed by atoms with Crippen molar-refractivity contribution in [3.8, 4) is 17.0 Å². The van der Waals surface area contributed by atoms with Crippen molar-refractivity contribution < 1.29 is 9.53 Å². The van der Waals surface area contributed by atoms with Crippen molar-refractivity contribution in [2.75, 3.05) is 7.11 Å². The highest BCUT2D eigenvalue weighted by atomic mass is 16.5. The van der Waals surface area contributed by atoms with E-state index in [-0.39, 0.29) is 11.9 Å². The molecule has 5 nitrogen and oxygen atoms in total. The van der Waals surface area contributed by atoms with Gasteiger partial charge >= 0.3 is 0 Å². The number of nitrogens with zero attached hydrogens (tertiary/aromatic N) is 1. The third-order valence-electron chi connectivity index (χ3n) is 4.07. The summed E-state index contributed by atoms with van der Waals surface area (Å²) < 4.78 is 5.29. The van der Waals surface area contributed by atoms with Gasteiger partial charge in [-0.05, 0) is 17.7 Å². The van der Waals surface area contributed by atoms with Gasteiger partial charge in [0.05, 0.1) is 18.8 Å². The minimum absolute atomic E-state index is 0.137. The molecule has 3 aromatic rings. The van der Waals surface area contributed by atoms with Crippen LogP contribution < -0.4 is 10.1 Å². The Morgan fingerprint density at radius 1 is 1.09 bits per heavy atom. The number of methoxy groups -OCH3 is 1. The highest BCUT2D eigenvalue weighted by molar-refractivity contribution is 6.00. The van der Waals surface area contributed by atoms with E-state index < -0.39 is 0 Å². The summed E-state index contributed by atoms with van der Waals surface area (Å²) in [5.41, 5.74) is 4.15. The average molecular weight is 305 g/mol. The number of hydrogen-bond acceptors (Lipinski definition) is 3. The molecule has 114 valence electrons. The zero-order chi connectivity index (χ0) is 15.8.